The molecular formula is C11H12N4O. The first kappa shape index (κ1) is 10.4. The minimum Gasteiger partial charge on any atom is -0.357 e. The first-order valence-electron chi connectivity index (χ1n) is 4.91. The van der Waals surface area contributed by atoms with Crippen molar-refractivity contribution in [1.82, 2.24) is 14.8 Å². The van der Waals surface area contributed by atoms with Gasteiger partial charge in [0, 0.05) is 19.7 Å². The Balaban J connectivity index is 2.60. The van der Waals surface area contributed by atoms with E-state index < -0.39 is 0 Å². The molecule has 0 aliphatic rings. The fraction of sp³-hybridized carbons (Fsp3) is 0.182. The molecule has 1 aromatic carbocycles. The van der Waals surface area contributed by atoms with Crippen LogP contribution in [0, 0.1) is 0 Å². The predicted molar refractivity (Wildman–Crippen MR) is 62.3 cm³/mol. The lowest BCUT2D eigenvalue weighted by Crippen LogP contribution is -2.20. The van der Waals surface area contributed by atoms with Crippen molar-refractivity contribution in [2.24, 2.45) is 7.05 Å². The Morgan fingerprint density at radius 3 is 2.56 bits per heavy atom. The van der Waals surface area contributed by atoms with Crippen molar-refractivity contribution in [2.45, 2.75) is 0 Å². The second kappa shape index (κ2) is 4.14. The smallest absolute Gasteiger partial charge is 0.301 e. The van der Waals surface area contributed by atoms with Crippen LogP contribution >= 0.6 is 0 Å². The molecule has 0 fully saturated rings. The lowest BCUT2D eigenvalue weighted by atomic mass is 10.2. The molecule has 0 aliphatic heterocycles. The number of aryl methyl sites for hydroxylation is 1. The number of anilines is 1. The Morgan fingerprint density at radius 1 is 1.25 bits per heavy atom. The fourth-order valence-electron chi connectivity index (χ4n) is 1.46. The minimum absolute atomic E-state index is 0.325. The summed E-state index contributed by atoms with van der Waals surface area (Å²) in [5, 5.41) is 7.00. The highest BCUT2D eigenvalue weighted by molar-refractivity contribution is 5.57. The van der Waals surface area contributed by atoms with Crippen LogP contribution in [0.4, 0.5) is 5.95 Å². The van der Waals surface area contributed by atoms with Crippen molar-refractivity contribution in [1.29, 1.82) is 0 Å². The van der Waals surface area contributed by atoms with Crippen LogP contribution < -0.4 is 10.9 Å². The lowest BCUT2D eigenvalue weighted by Gasteiger charge is -2.06. The number of nitrogens with one attached hydrogen (secondary N) is 1. The molecule has 0 amide bonds. The van der Waals surface area contributed by atoms with E-state index in [0.717, 1.165) is 5.56 Å². The summed E-state index contributed by atoms with van der Waals surface area (Å²) >= 11 is 0. The number of nitrogens with zero attached hydrogens (tertiary/aromatic N) is 3. The van der Waals surface area contributed by atoms with Crippen molar-refractivity contribution in [3.8, 4) is 11.3 Å². The molecule has 0 atom stereocenters. The molecule has 16 heavy (non-hydrogen) atoms. The van der Waals surface area contributed by atoms with Gasteiger partial charge in [-0.2, -0.15) is 10.1 Å². The van der Waals surface area contributed by atoms with Gasteiger partial charge in [-0.15, -0.1) is 0 Å². The summed E-state index contributed by atoms with van der Waals surface area (Å²) in [6.45, 7) is 0. The van der Waals surface area contributed by atoms with Crippen LogP contribution in [0.2, 0.25) is 0 Å². The summed E-state index contributed by atoms with van der Waals surface area (Å²) < 4.78 is 1.55. The van der Waals surface area contributed by atoms with Gasteiger partial charge in [0.2, 0.25) is 5.95 Å². The number of hydrogen-bond donors (Lipinski definition) is 1. The van der Waals surface area contributed by atoms with Crippen molar-refractivity contribution in [3.63, 3.8) is 0 Å². The zero-order chi connectivity index (χ0) is 11.5. The summed E-state index contributed by atoms with van der Waals surface area (Å²) in [6.07, 6.45) is 0. The van der Waals surface area contributed by atoms with Gasteiger partial charge in [-0.05, 0) is 0 Å². The summed E-state index contributed by atoms with van der Waals surface area (Å²) in [4.78, 5) is 15.6. The van der Waals surface area contributed by atoms with Crippen LogP contribution in [0.15, 0.2) is 35.1 Å². The second-order valence-corrected chi connectivity index (χ2v) is 3.33. The van der Waals surface area contributed by atoms with Gasteiger partial charge in [-0.25, -0.2) is 4.68 Å². The molecular weight excluding hydrogens is 204 g/mol. The maximum Gasteiger partial charge on any atom is 0.301 e. The average molecular weight is 216 g/mol. The van der Waals surface area contributed by atoms with Crippen LogP contribution in [0.3, 0.4) is 0 Å². The monoisotopic (exact) mass is 216 g/mol. The number of benzene rings is 1. The van der Waals surface area contributed by atoms with Crippen LogP contribution in [-0.2, 0) is 7.05 Å². The molecule has 1 heterocycles. The van der Waals surface area contributed by atoms with Gasteiger partial charge in [-0.1, -0.05) is 30.3 Å². The van der Waals surface area contributed by atoms with E-state index in [1.165, 1.54) is 0 Å². The topological polar surface area (TPSA) is 59.8 Å². The van der Waals surface area contributed by atoms with Gasteiger partial charge in [0.15, 0.2) is 5.69 Å². The van der Waals surface area contributed by atoms with E-state index in [0.29, 0.717) is 11.6 Å². The van der Waals surface area contributed by atoms with E-state index in [2.05, 4.69) is 15.4 Å². The summed E-state index contributed by atoms with van der Waals surface area (Å²) in [5.41, 5.74) is 0.814. The molecule has 0 unspecified atom stereocenters. The maximum atomic E-state index is 11.7. The first-order chi connectivity index (χ1) is 7.72. The first-order valence-corrected chi connectivity index (χ1v) is 4.91. The third kappa shape index (κ3) is 1.79. The van der Waals surface area contributed by atoms with Crippen molar-refractivity contribution in [3.05, 3.63) is 40.7 Å². The van der Waals surface area contributed by atoms with Gasteiger partial charge >= 0.3 is 5.56 Å². The fourth-order valence-corrected chi connectivity index (χ4v) is 1.46. The van der Waals surface area contributed by atoms with Gasteiger partial charge in [0.05, 0.1) is 0 Å². The molecule has 0 saturated heterocycles. The maximum absolute atomic E-state index is 11.7. The van der Waals surface area contributed by atoms with E-state index in [1.807, 2.05) is 30.3 Å². The molecule has 1 N–H and O–H groups in total. The molecule has 0 radical (unpaired) electrons. The average Bonchev–Trinajstić information content (AvgIpc) is 2.32. The Bertz CT molecular complexity index is 548. The molecule has 2 aromatic rings. The van der Waals surface area contributed by atoms with Crippen LogP contribution in [-0.4, -0.2) is 21.8 Å². The number of hydrogen-bond acceptors (Lipinski definition) is 4. The van der Waals surface area contributed by atoms with E-state index in [4.69, 9.17) is 0 Å². The van der Waals surface area contributed by atoms with E-state index >= 15 is 0 Å². The Morgan fingerprint density at radius 2 is 1.94 bits per heavy atom. The Kier molecular flexibility index (Phi) is 2.68. The Hall–Kier alpha value is -2.17. The molecule has 82 valence electrons. The molecule has 1 aromatic heterocycles. The predicted octanol–water partition coefficient (Wildman–Crippen LogP) is 0.884. The molecule has 5 heteroatoms. The van der Waals surface area contributed by atoms with Gasteiger partial charge in [-0.3, -0.25) is 4.79 Å². The van der Waals surface area contributed by atoms with E-state index in [9.17, 15) is 4.79 Å². The van der Waals surface area contributed by atoms with Gasteiger partial charge in [0.25, 0.3) is 0 Å². The summed E-state index contributed by atoms with van der Waals surface area (Å²) in [7, 11) is 3.44. The highest BCUT2D eigenvalue weighted by Crippen LogP contribution is 2.11. The molecule has 0 spiro atoms. The van der Waals surface area contributed by atoms with Crippen molar-refractivity contribution in [2.75, 3.05) is 12.4 Å². The molecule has 0 saturated carbocycles. The number of aromatic nitrogens is 3. The third-order valence-corrected chi connectivity index (χ3v) is 2.24. The zero-order valence-electron chi connectivity index (χ0n) is 9.14. The lowest BCUT2D eigenvalue weighted by molar-refractivity contribution is 0.721. The van der Waals surface area contributed by atoms with E-state index in [1.54, 1.807) is 18.8 Å². The zero-order valence-corrected chi connectivity index (χ0v) is 9.14. The molecule has 0 bridgehead atoms. The highest BCUT2D eigenvalue weighted by Gasteiger charge is 2.08. The molecule has 2 rings (SSSR count). The largest absolute Gasteiger partial charge is 0.357 e. The van der Waals surface area contributed by atoms with Gasteiger partial charge < -0.3 is 5.32 Å². The third-order valence-electron chi connectivity index (χ3n) is 2.24. The Labute approximate surface area is 92.8 Å². The molecule has 5 nitrogen and oxygen atoms in total. The normalized spacial score (nSPS) is 10.1. The minimum atomic E-state index is -0.325. The van der Waals surface area contributed by atoms with Crippen LogP contribution in [0.5, 0.6) is 0 Å². The second-order valence-electron chi connectivity index (χ2n) is 3.33. The molecule has 0 aliphatic carbocycles. The van der Waals surface area contributed by atoms with Crippen molar-refractivity contribution >= 4 is 5.95 Å². The SMILES string of the molecule is CNc1nc(=O)c(-c2ccccc2)nn1C. The van der Waals surface area contributed by atoms with Crippen LogP contribution in [0.25, 0.3) is 11.3 Å². The quantitative estimate of drug-likeness (QED) is 0.809. The van der Waals surface area contributed by atoms with Gasteiger partial charge in [0.1, 0.15) is 0 Å². The summed E-state index contributed by atoms with van der Waals surface area (Å²) in [6, 6.07) is 9.29. The van der Waals surface area contributed by atoms with E-state index in [-0.39, 0.29) is 5.56 Å². The van der Waals surface area contributed by atoms with Crippen LogP contribution in [0.1, 0.15) is 0 Å². The highest BCUT2D eigenvalue weighted by atomic mass is 16.1. The standard InChI is InChI=1S/C11H12N4O/c1-12-11-13-10(16)9(14-15(11)2)8-6-4-3-5-7-8/h3-7H,1-2H3,(H,12,13,16). The van der Waals surface area contributed by atoms with Crippen molar-refractivity contribution < 1.29 is 0 Å². The number of rotatable bonds is 2. The summed E-state index contributed by atoms with van der Waals surface area (Å²) in [5.74, 6) is 0.449.